The second kappa shape index (κ2) is 9.84. The minimum atomic E-state index is -3.74. The van der Waals surface area contributed by atoms with Gasteiger partial charge in [0.05, 0.1) is 25.5 Å². The van der Waals surface area contributed by atoms with Crippen LogP contribution in [0.25, 0.3) is 0 Å². The van der Waals surface area contributed by atoms with Gasteiger partial charge in [0.1, 0.15) is 0 Å². The maximum Gasteiger partial charge on any atom is 0.261 e. The van der Waals surface area contributed by atoms with Crippen LogP contribution in [-0.4, -0.2) is 28.5 Å². The third-order valence-corrected chi connectivity index (χ3v) is 6.28. The van der Waals surface area contributed by atoms with E-state index in [0.29, 0.717) is 22.9 Å². The number of halogens is 1. The molecule has 0 radical (unpaired) electrons. The van der Waals surface area contributed by atoms with E-state index in [-0.39, 0.29) is 17.2 Å². The van der Waals surface area contributed by atoms with Crippen LogP contribution in [0.1, 0.15) is 5.56 Å². The molecule has 0 spiro atoms. The Morgan fingerprint density at radius 1 is 0.871 bits per heavy atom. The van der Waals surface area contributed by atoms with Crippen molar-refractivity contribution in [1.29, 1.82) is 0 Å². The van der Waals surface area contributed by atoms with Crippen molar-refractivity contribution in [3.05, 3.63) is 76.8 Å². The molecule has 9 heteroatoms. The second-order valence-electron chi connectivity index (χ2n) is 6.55. The number of carbonyl (C=O) groups is 1. The molecule has 0 atom stereocenters. The van der Waals surface area contributed by atoms with Crippen LogP contribution in [0.4, 0.5) is 11.4 Å². The van der Waals surface area contributed by atoms with Gasteiger partial charge in [0.25, 0.3) is 10.0 Å². The number of hydrogen-bond donors (Lipinski definition) is 2. The first kappa shape index (κ1) is 22.6. The maximum absolute atomic E-state index is 12.5. The summed E-state index contributed by atoms with van der Waals surface area (Å²) in [5, 5.41) is 2.76. The molecule has 0 fully saturated rings. The lowest BCUT2D eigenvalue weighted by Gasteiger charge is -2.11. The lowest BCUT2D eigenvalue weighted by molar-refractivity contribution is -0.115. The van der Waals surface area contributed by atoms with E-state index in [0.717, 1.165) is 10.0 Å². The highest BCUT2D eigenvalue weighted by Gasteiger charge is 2.15. The minimum absolute atomic E-state index is 0.0910. The summed E-state index contributed by atoms with van der Waals surface area (Å²) in [6.07, 6.45) is 0.130. The van der Waals surface area contributed by atoms with Crippen molar-refractivity contribution in [2.75, 3.05) is 24.3 Å². The molecule has 0 heterocycles. The molecular weight excluding hydrogens is 484 g/mol. The van der Waals surface area contributed by atoms with Crippen LogP contribution in [0.15, 0.2) is 76.1 Å². The molecule has 0 aromatic heterocycles. The van der Waals surface area contributed by atoms with Crippen LogP contribution in [0.5, 0.6) is 11.5 Å². The first-order valence-electron chi connectivity index (χ1n) is 9.20. The van der Waals surface area contributed by atoms with E-state index in [1.165, 1.54) is 19.2 Å². The number of rotatable bonds is 8. The molecular formula is C22H21BrN2O5S. The number of anilines is 2. The fourth-order valence-corrected chi connectivity index (χ4v) is 4.15. The molecule has 162 valence electrons. The van der Waals surface area contributed by atoms with Crippen molar-refractivity contribution in [3.8, 4) is 11.5 Å². The fourth-order valence-electron chi connectivity index (χ4n) is 2.83. The summed E-state index contributed by atoms with van der Waals surface area (Å²) >= 11 is 3.31. The number of ether oxygens (including phenoxy) is 2. The molecule has 7 nitrogen and oxygen atoms in total. The summed E-state index contributed by atoms with van der Waals surface area (Å²) in [5.74, 6) is 0.886. The first-order valence-corrected chi connectivity index (χ1v) is 11.5. The van der Waals surface area contributed by atoms with Gasteiger partial charge in [-0.3, -0.25) is 9.52 Å². The average molecular weight is 505 g/mol. The van der Waals surface area contributed by atoms with Gasteiger partial charge in [-0.25, -0.2) is 8.42 Å². The van der Waals surface area contributed by atoms with E-state index >= 15 is 0 Å². The van der Waals surface area contributed by atoms with Gasteiger partial charge < -0.3 is 14.8 Å². The molecule has 2 N–H and O–H groups in total. The van der Waals surface area contributed by atoms with Gasteiger partial charge in [-0.2, -0.15) is 0 Å². The molecule has 0 aliphatic heterocycles. The highest BCUT2D eigenvalue weighted by molar-refractivity contribution is 9.10. The Hall–Kier alpha value is -3.04. The molecule has 1 amide bonds. The average Bonchev–Trinajstić information content (AvgIpc) is 2.75. The zero-order valence-corrected chi connectivity index (χ0v) is 19.3. The van der Waals surface area contributed by atoms with Gasteiger partial charge in [-0.15, -0.1) is 0 Å². The smallest absolute Gasteiger partial charge is 0.261 e. The van der Waals surface area contributed by atoms with E-state index in [1.54, 1.807) is 61.7 Å². The number of nitrogens with one attached hydrogen (secondary N) is 2. The maximum atomic E-state index is 12.5. The van der Waals surface area contributed by atoms with Gasteiger partial charge in [0, 0.05) is 15.8 Å². The van der Waals surface area contributed by atoms with Gasteiger partial charge >= 0.3 is 0 Å². The van der Waals surface area contributed by atoms with E-state index in [1.807, 2.05) is 0 Å². The molecule has 0 aliphatic carbocycles. The number of amides is 1. The summed E-state index contributed by atoms with van der Waals surface area (Å²) in [6.45, 7) is 0. The van der Waals surface area contributed by atoms with Crippen molar-refractivity contribution in [1.82, 2.24) is 0 Å². The van der Waals surface area contributed by atoms with Gasteiger partial charge in [-0.1, -0.05) is 22.0 Å². The van der Waals surface area contributed by atoms with Crippen LogP contribution in [0.3, 0.4) is 0 Å². The van der Waals surface area contributed by atoms with Crippen LogP contribution in [-0.2, 0) is 21.2 Å². The Balaban J connectivity index is 1.64. The third-order valence-electron chi connectivity index (χ3n) is 4.36. The van der Waals surface area contributed by atoms with Crippen molar-refractivity contribution in [2.45, 2.75) is 11.3 Å². The van der Waals surface area contributed by atoms with Crippen molar-refractivity contribution in [2.24, 2.45) is 0 Å². The minimum Gasteiger partial charge on any atom is -0.493 e. The lowest BCUT2D eigenvalue weighted by atomic mass is 10.1. The second-order valence-corrected chi connectivity index (χ2v) is 9.15. The molecule has 3 aromatic rings. The standard InChI is InChI=1S/C22H21BrN2O5S/c1-29-20-12-3-15(13-21(20)30-2)14-22(26)24-17-8-10-19(11-9-17)31(27,28)25-18-6-4-16(23)5-7-18/h3-13,25H,14H2,1-2H3,(H,24,26). The summed E-state index contributed by atoms with van der Waals surface area (Å²) in [5.41, 5.74) is 1.71. The summed E-state index contributed by atoms with van der Waals surface area (Å²) in [6, 6.07) is 18.0. The number of carbonyl (C=O) groups excluding carboxylic acids is 1. The van der Waals surface area contributed by atoms with Crippen molar-refractivity contribution >= 4 is 43.2 Å². The number of methoxy groups -OCH3 is 2. The summed E-state index contributed by atoms with van der Waals surface area (Å²) in [4.78, 5) is 12.5. The number of benzene rings is 3. The van der Waals surface area contributed by atoms with Crippen molar-refractivity contribution < 1.29 is 22.7 Å². The van der Waals surface area contributed by atoms with Crippen LogP contribution >= 0.6 is 15.9 Å². The lowest BCUT2D eigenvalue weighted by Crippen LogP contribution is -2.15. The molecule has 0 saturated carbocycles. The predicted molar refractivity (Wildman–Crippen MR) is 123 cm³/mol. The zero-order valence-electron chi connectivity index (χ0n) is 16.9. The molecule has 0 saturated heterocycles. The van der Waals surface area contributed by atoms with Gasteiger partial charge in [0.15, 0.2) is 11.5 Å². The van der Waals surface area contributed by atoms with Gasteiger partial charge in [-0.05, 0) is 66.2 Å². The van der Waals surface area contributed by atoms with E-state index in [9.17, 15) is 13.2 Å². The monoisotopic (exact) mass is 504 g/mol. The predicted octanol–water partition coefficient (Wildman–Crippen LogP) is 4.45. The van der Waals surface area contributed by atoms with Crippen LogP contribution in [0.2, 0.25) is 0 Å². The number of hydrogen-bond acceptors (Lipinski definition) is 5. The quantitative estimate of drug-likeness (QED) is 0.472. The van der Waals surface area contributed by atoms with Crippen molar-refractivity contribution in [3.63, 3.8) is 0 Å². The third kappa shape index (κ3) is 5.99. The Bertz CT molecular complexity index is 1160. The van der Waals surface area contributed by atoms with E-state index < -0.39 is 10.0 Å². The molecule has 31 heavy (non-hydrogen) atoms. The normalized spacial score (nSPS) is 10.9. The van der Waals surface area contributed by atoms with Gasteiger partial charge in [0.2, 0.25) is 5.91 Å². The largest absolute Gasteiger partial charge is 0.493 e. The molecule has 0 unspecified atom stereocenters. The van der Waals surface area contributed by atoms with E-state index in [4.69, 9.17) is 9.47 Å². The highest BCUT2D eigenvalue weighted by atomic mass is 79.9. The van der Waals surface area contributed by atoms with Crippen LogP contribution in [0, 0.1) is 0 Å². The Morgan fingerprint density at radius 2 is 1.48 bits per heavy atom. The molecule has 0 bridgehead atoms. The van der Waals surface area contributed by atoms with E-state index in [2.05, 4.69) is 26.0 Å². The Labute approximate surface area is 189 Å². The highest BCUT2D eigenvalue weighted by Crippen LogP contribution is 2.28. The SMILES string of the molecule is COc1ccc(CC(=O)Nc2ccc(S(=O)(=O)Nc3ccc(Br)cc3)cc2)cc1OC. The Kier molecular flexibility index (Phi) is 7.19. The topological polar surface area (TPSA) is 93.7 Å². The molecule has 3 aromatic carbocycles. The Morgan fingerprint density at radius 3 is 2.10 bits per heavy atom. The summed E-state index contributed by atoms with van der Waals surface area (Å²) < 4.78 is 38.9. The fraction of sp³-hybridized carbons (Fsp3) is 0.136. The van der Waals surface area contributed by atoms with Crippen LogP contribution < -0.4 is 19.5 Å². The number of sulfonamides is 1. The molecule has 0 aliphatic rings. The summed E-state index contributed by atoms with van der Waals surface area (Å²) in [7, 11) is -0.663. The molecule has 3 rings (SSSR count). The first-order chi connectivity index (χ1) is 14.8. The zero-order chi connectivity index (χ0) is 22.4.